The Labute approximate surface area is 150 Å². The lowest BCUT2D eigenvalue weighted by Crippen LogP contribution is -2.39. The minimum atomic E-state index is -0.175. The molecule has 2 fully saturated rings. The van der Waals surface area contributed by atoms with E-state index in [0.29, 0.717) is 12.3 Å². The molecule has 138 valence electrons. The van der Waals surface area contributed by atoms with Crippen LogP contribution in [0.5, 0.6) is 0 Å². The van der Waals surface area contributed by atoms with Gasteiger partial charge in [0, 0.05) is 24.9 Å². The van der Waals surface area contributed by atoms with Crippen molar-refractivity contribution in [2.45, 2.75) is 51.0 Å². The number of nitrogens with zero attached hydrogens (tertiary/aromatic N) is 1. The lowest BCUT2D eigenvalue weighted by atomic mass is 10.1. The first-order chi connectivity index (χ1) is 12.2. The third-order valence-electron chi connectivity index (χ3n) is 5.32. The average molecular weight is 345 g/mol. The van der Waals surface area contributed by atoms with Gasteiger partial charge in [-0.2, -0.15) is 0 Å². The number of rotatable bonds is 8. The fourth-order valence-electron chi connectivity index (χ4n) is 3.62. The Morgan fingerprint density at radius 1 is 1.16 bits per heavy atom. The Kier molecular flexibility index (Phi) is 6.70. The maximum absolute atomic E-state index is 12.1. The van der Waals surface area contributed by atoms with Crippen molar-refractivity contribution >= 4 is 11.7 Å². The van der Waals surface area contributed by atoms with Crippen molar-refractivity contribution in [1.29, 1.82) is 0 Å². The van der Waals surface area contributed by atoms with Crippen molar-refractivity contribution in [3.63, 3.8) is 0 Å². The molecule has 5 heteroatoms. The van der Waals surface area contributed by atoms with Crippen molar-refractivity contribution in [1.82, 2.24) is 10.2 Å². The summed E-state index contributed by atoms with van der Waals surface area (Å²) in [5.74, 6) is 0.537. The number of hydrogen-bond donors (Lipinski definition) is 3. The quantitative estimate of drug-likeness (QED) is 0.679. The molecule has 1 aromatic carbocycles. The molecule has 0 bridgehead atoms. The third kappa shape index (κ3) is 6.01. The molecular weight excluding hydrogens is 314 g/mol. The summed E-state index contributed by atoms with van der Waals surface area (Å²) >= 11 is 0. The van der Waals surface area contributed by atoms with Crippen LogP contribution in [0.2, 0.25) is 0 Å². The number of nitrogens with one attached hydrogen (secondary N) is 2. The van der Waals surface area contributed by atoms with E-state index in [1.165, 1.54) is 37.9 Å². The van der Waals surface area contributed by atoms with Gasteiger partial charge in [0.15, 0.2) is 0 Å². The average Bonchev–Trinajstić information content (AvgIpc) is 3.47. The molecule has 2 amide bonds. The predicted octanol–water partition coefficient (Wildman–Crippen LogP) is 3.00. The highest BCUT2D eigenvalue weighted by Gasteiger charge is 2.31. The fourth-order valence-corrected chi connectivity index (χ4v) is 3.62. The van der Waals surface area contributed by atoms with Gasteiger partial charge in [0.2, 0.25) is 0 Å². The second-order valence-electron chi connectivity index (χ2n) is 7.40. The van der Waals surface area contributed by atoms with Crippen LogP contribution in [0.25, 0.3) is 0 Å². The van der Waals surface area contributed by atoms with Crippen LogP contribution in [-0.4, -0.2) is 48.3 Å². The zero-order valence-electron chi connectivity index (χ0n) is 15.0. The van der Waals surface area contributed by atoms with Crippen LogP contribution in [0, 0.1) is 5.92 Å². The van der Waals surface area contributed by atoms with Crippen LogP contribution >= 0.6 is 0 Å². The number of likely N-dealkylation sites (tertiary alicyclic amines) is 1. The first kappa shape index (κ1) is 18.2. The molecule has 1 aliphatic heterocycles. The van der Waals surface area contributed by atoms with Crippen molar-refractivity contribution < 1.29 is 9.90 Å². The van der Waals surface area contributed by atoms with Gasteiger partial charge in [0.1, 0.15) is 0 Å². The minimum Gasteiger partial charge on any atom is -0.396 e. The summed E-state index contributed by atoms with van der Waals surface area (Å²) in [7, 11) is 0. The van der Waals surface area contributed by atoms with Crippen LogP contribution in [0.3, 0.4) is 0 Å². The molecule has 1 atom stereocenters. The molecule has 3 N–H and O–H groups in total. The largest absolute Gasteiger partial charge is 0.396 e. The van der Waals surface area contributed by atoms with Gasteiger partial charge in [-0.1, -0.05) is 18.6 Å². The number of benzene rings is 1. The zero-order valence-corrected chi connectivity index (χ0v) is 15.0. The van der Waals surface area contributed by atoms with E-state index in [4.69, 9.17) is 5.11 Å². The maximum atomic E-state index is 12.1. The van der Waals surface area contributed by atoms with Crippen LogP contribution in [0.1, 0.15) is 44.1 Å². The van der Waals surface area contributed by atoms with Crippen molar-refractivity contribution in [3.8, 4) is 0 Å². The monoisotopic (exact) mass is 345 g/mol. The normalized spacial score (nSPS) is 19.4. The molecule has 1 heterocycles. The fraction of sp³-hybridized carbons (Fsp3) is 0.650. The van der Waals surface area contributed by atoms with Crippen molar-refractivity contribution in [2.24, 2.45) is 5.92 Å². The van der Waals surface area contributed by atoms with Gasteiger partial charge < -0.3 is 20.6 Å². The molecule has 0 spiro atoms. The maximum Gasteiger partial charge on any atom is 0.319 e. The topological polar surface area (TPSA) is 64.6 Å². The van der Waals surface area contributed by atoms with Crippen LogP contribution in [-0.2, 0) is 6.42 Å². The SMILES string of the molecule is O=C(Nc1ccc(CCN2CCCCC2)cc1)N[C@@H](CCO)C1CC1. The molecule has 0 aromatic heterocycles. The number of aliphatic hydroxyl groups excluding tert-OH is 1. The van der Waals surface area contributed by atoms with Gasteiger partial charge in [-0.25, -0.2) is 4.79 Å². The third-order valence-corrected chi connectivity index (χ3v) is 5.32. The number of piperidine rings is 1. The van der Waals surface area contributed by atoms with Gasteiger partial charge in [-0.15, -0.1) is 0 Å². The van der Waals surface area contributed by atoms with Gasteiger partial charge in [-0.3, -0.25) is 0 Å². The Balaban J connectivity index is 1.42. The van der Waals surface area contributed by atoms with E-state index in [1.807, 2.05) is 12.1 Å². The van der Waals surface area contributed by atoms with Gasteiger partial charge in [0.05, 0.1) is 0 Å². The molecule has 1 aliphatic carbocycles. The lowest BCUT2D eigenvalue weighted by Gasteiger charge is -2.26. The van der Waals surface area contributed by atoms with E-state index in [9.17, 15) is 4.79 Å². The second-order valence-corrected chi connectivity index (χ2v) is 7.40. The number of carbonyl (C=O) groups excluding carboxylic acids is 1. The predicted molar refractivity (Wildman–Crippen MR) is 101 cm³/mol. The summed E-state index contributed by atoms with van der Waals surface area (Å²) in [4.78, 5) is 14.7. The summed E-state index contributed by atoms with van der Waals surface area (Å²) in [6.45, 7) is 3.70. The molecule has 1 saturated carbocycles. The van der Waals surface area contributed by atoms with Gasteiger partial charge in [-0.05, 0) is 75.2 Å². The number of amides is 2. The Bertz CT molecular complexity index is 536. The van der Waals surface area contributed by atoms with E-state index >= 15 is 0 Å². The number of hydrogen-bond acceptors (Lipinski definition) is 3. The van der Waals surface area contributed by atoms with E-state index in [0.717, 1.165) is 31.5 Å². The number of anilines is 1. The van der Waals surface area contributed by atoms with E-state index in [1.54, 1.807) is 0 Å². The summed E-state index contributed by atoms with van der Waals surface area (Å²) in [5.41, 5.74) is 2.13. The van der Waals surface area contributed by atoms with Gasteiger partial charge >= 0.3 is 6.03 Å². The number of urea groups is 1. The smallest absolute Gasteiger partial charge is 0.319 e. The van der Waals surface area contributed by atoms with E-state index < -0.39 is 0 Å². The standard InChI is InChI=1S/C20H31N3O2/c24-15-11-19(17-6-7-17)22-20(25)21-18-8-4-16(5-9-18)10-14-23-12-2-1-3-13-23/h4-5,8-9,17,19,24H,1-3,6-7,10-15H2,(H2,21,22,25)/t19-/m0/s1. The molecule has 3 rings (SSSR count). The van der Waals surface area contributed by atoms with Crippen molar-refractivity contribution in [3.05, 3.63) is 29.8 Å². The highest BCUT2D eigenvalue weighted by Crippen LogP contribution is 2.33. The highest BCUT2D eigenvalue weighted by atomic mass is 16.3. The van der Waals surface area contributed by atoms with Gasteiger partial charge in [0.25, 0.3) is 0 Å². The summed E-state index contributed by atoms with van der Waals surface area (Å²) < 4.78 is 0. The Hall–Kier alpha value is -1.59. The number of carbonyl (C=O) groups is 1. The first-order valence-electron chi connectivity index (χ1n) is 9.74. The number of aliphatic hydroxyl groups is 1. The van der Waals surface area contributed by atoms with Crippen LogP contribution < -0.4 is 10.6 Å². The Morgan fingerprint density at radius 3 is 2.52 bits per heavy atom. The molecule has 0 unspecified atom stereocenters. The summed E-state index contributed by atoms with van der Waals surface area (Å²) in [6.07, 6.45) is 8.03. The molecule has 0 radical (unpaired) electrons. The molecular formula is C20H31N3O2. The summed E-state index contributed by atoms with van der Waals surface area (Å²) in [6, 6.07) is 8.07. The first-order valence-corrected chi connectivity index (χ1v) is 9.74. The van der Waals surface area contributed by atoms with Crippen LogP contribution in [0.4, 0.5) is 10.5 Å². The molecule has 25 heavy (non-hydrogen) atoms. The Morgan fingerprint density at radius 2 is 1.88 bits per heavy atom. The van der Waals surface area contributed by atoms with Crippen molar-refractivity contribution in [2.75, 3.05) is 31.6 Å². The molecule has 1 aromatic rings. The van der Waals surface area contributed by atoms with Crippen LogP contribution in [0.15, 0.2) is 24.3 Å². The molecule has 5 nitrogen and oxygen atoms in total. The highest BCUT2D eigenvalue weighted by molar-refractivity contribution is 5.89. The second kappa shape index (κ2) is 9.20. The minimum absolute atomic E-state index is 0.0915. The molecule has 1 saturated heterocycles. The molecule has 2 aliphatic rings. The lowest BCUT2D eigenvalue weighted by molar-refractivity contribution is 0.231. The van der Waals surface area contributed by atoms with E-state index in [-0.39, 0.29) is 18.7 Å². The summed E-state index contributed by atoms with van der Waals surface area (Å²) in [5, 5.41) is 15.0. The van der Waals surface area contributed by atoms with E-state index in [2.05, 4.69) is 27.7 Å². The zero-order chi connectivity index (χ0) is 17.5.